The summed E-state index contributed by atoms with van der Waals surface area (Å²) in [4.78, 5) is 26.1. The average molecular weight is 1670 g/mol. The highest BCUT2D eigenvalue weighted by molar-refractivity contribution is 7.26. The van der Waals surface area contributed by atoms with E-state index in [1.165, 1.54) is 51.5 Å². The van der Waals surface area contributed by atoms with E-state index in [4.69, 9.17) is 29.7 Å². The number of hydrogen-bond donors (Lipinski definition) is 0. The summed E-state index contributed by atoms with van der Waals surface area (Å²) in [5, 5.41) is 10.1. The molecule has 0 amide bonds. The van der Waals surface area contributed by atoms with Crippen molar-refractivity contribution in [3.05, 3.63) is 259 Å². The van der Waals surface area contributed by atoms with Gasteiger partial charge in [-0.15, -0.1) is 22.7 Å². The van der Waals surface area contributed by atoms with Gasteiger partial charge in [0.1, 0.15) is 34.0 Å². The molecule has 1 saturated heterocycles. The second-order valence-corrected chi connectivity index (χ2v) is 25.5. The third-order valence-corrected chi connectivity index (χ3v) is 19.1. The quantitative estimate of drug-likeness (QED) is 0.157. The second-order valence-electron chi connectivity index (χ2n) is 23.1. The lowest BCUT2D eigenvalue weighted by molar-refractivity contribution is 0.00578. The van der Waals surface area contributed by atoms with E-state index >= 15 is 0 Å². The number of halogens is 1. The van der Waals surface area contributed by atoms with Gasteiger partial charge in [-0.2, -0.15) is 4.98 Å². The van der Waals surface area contributed by atoms with Gasteiger partial charge in [-0.1, -0.05) is 383 Å². The molecule has 0 N–H and O–H groups in total. The van der Waals surface area contributed by atoms with Crippen molar-refractivity contribution in [3.8, 4) is 34.2 Å². The highest BCUT2D eigenvalue weighted by Gasteiger charge is 2.51. The zero-order chi connectivity index (χ0) is 90.1. The normalized spacial score (nSPS) is 10.7. The molecule has 0 atom stereocenters. The van der Waals surface area contributed by atoms with Gasteiger partial charge in [0.2, 0.25) is 5.28 Å². The van der Waals surface area contributed by atoms with Crippen molar-refractivity contribution in [3.63, 3.8) is 0 Å². The molecule has 16 aromatic rings. The second kappa shape index (κ2) is 64.5. The number of hydrogen-bond acceptors (Lipinski definition) is 12. The van der Waals surface area contributed by atoms with Crippen LogP contribution in [0.2, 0.25) is 5.28 Å². The van der Waals surface area contributed by atoms with Crippen LogP contribution in [0.15, 0.2) is 239 Å². The van der Waals surface area contributed by atoms with Crippen LogP contribution in [0.4, 0.5) is 0 Å². The molecule has 0 aliphatic carbocycles. The third-order valence-electron chi connectivity index (χ3n) is 16.3. The molecule has 1 aliphatic rings. The summed E-state index contributed by atoms with van der Waals surface area (Å²) in [6, 6.07) is 78.3. The Morgan fingerprint density at radius 1 is 0.277 bits per heavy atom. The predicted octanol–water partition coefficient (Wildman–Crippen LogP) is 35.5. The summed E-state index contributed by atoms with van der Waals surface area (Å²) in [5.41, 5.74) is 9.47. The lowest BCUT2D eigenvalue weighted by Gasteiger charge is -2.32. The van der Waals surface area contributed by atoms with E-state index in [2.05, 4.69) is 169 Å². The fourth-order valence-corrected chi connectivity index (χ4v) is 13.5. The Bertz CT molecular complexity index is 5120. The number of furan rings is 2. The number of benzene rings is 10. The average Bonchev–Trinajstić information content (AvgIpc) is 1.63. The number of para-hydroxylation sites is 2. The fourth-order valence-electron chi connectivity index (χ4n) is 11.0. The van der Waals surface area contributed by atoms with Gasteiger partial charge < -0.3 is 18.1 Å². The van der Waals surface area contributed by atoms with Crippen molar-refractivity contribution in [2.24, 2.45) is 0 Å². The van der Waals surface area contributed by atoms with Crippen LogP contribution in [0.1, 0.15) is 252 Å². The van der Waals surface area contributed by atoms with E-state index in [-0.39, 0.29) is 31.0 Å². The van der Waals surface area contributed by atoms with Gasteiger partial charge in [0.25, 0.3) is 0 Å². The zero-order valence-corrected chi connectivity index (χ0v) is 81.4. The Morgan fingerprint density at radius 2 is 0.571 bits per heavy atom. The van der Waals surface area contributed by atoms with Gasteiger partial charge in [0, 0.05) is 78.6 Å². The molecule has 0 bridgehead atoms. The van der Waals surface area contributed by atoms with E-state index < -0.39 is 0 Å². The standard InChI is InChI=1S/C22H15N3O.C16H10ClN3O.2C13H10S.C12H17BO2.14C2H6.CH4/c1-14-23-21(15-7-3-2-4-8-15)25-22(24-14)16-11-12-18-17-9-5-6-10-19(17)26-20(18)13-16;1-9-18-15(20-16(17)19-9)10-6-7-12-11-4-2-3-5-13(11)21-14(12)8-10;2*1-9-5-4-7-11-10-6-2-3-8-12(10)14-13(9)11;1-11(2)12(3,4)15-13(14-11)10-8-6-5-7-9-10;14*1-2;/h2-13H,1H3;2-8H,1H3;2*2-8H,1H3;5-9H,1-4H3;14*1-2H3;1H4. The molecule has 0 saturated carbocycles. The molecule has 14 heteroatoms. The van der Waals surface area contributed by atoms with Crippen LogP contribution in [-0.2, 0) is 9.31 Å². The van der Waals surface area contributed by atoms with Crippen LogP contribution in [0.5, 0.6) is 0 Å². The zero-order valence-electron chi connectivity index (χ0n) is 79.0. The molecule has 10 nitrogen and oxygen atoms in total. The lowest BCUT2D eigenvalue weighted by atomic mass is 9.79. The minimum atomic E-state index is -0.256. The van der Waals surface area contributed by atoms with Gasteiger partial charge in [-0.3, -0.25) is 0 Å². The smallest absolute Gasteiger partial charge is 0.456 e. The molecule has 0 spiro atoms. The Balaban J connectivity index is -0.00000133. The molecule has 646 valence electrons. The largest absolute Gasteiger partial charge is 0.494 e. The lowest BCUT2D eigenvalue weighted by Crippen LogP contribution is -2.41. The van der Waals surface area contributed by atoms with E-state index in [0.717, 1.165) is 66.0 Å². The van der Waals surface area contributed by atoms with Gasteiger partial charge in [-0.05, 0) is 132 Å². The van der Waals surface area contributed by atoms with Gasteiger partial charge in [-0.25, -0.2) is 24.9 Å². The molecule has 0 radical (unpaired) electrons. The maximum atomic E-state index is 5.99. The highest BCUT2D eigenvalue weighted by atomic mass is 35.5. The van der Waals surface area contributed by atoms with Crippen molar-refractivity contribution in [1.82, 2.24) is 29.9 Å². The highest BCUT2D eigenvalue weighted by Crippen LogP contribution is 2.39. The van der Waals surface area contributed by atoms with Crippen LogP contribution in [0, 0.1) is 27.7 Å². The minimum Gasteiger partial charge on any atom is -0.456 e. The van der Waals surface area contributed by atoms with Crippen LogP contribution >= 0.6 is 34.3 Å². The molecule has 1 aliphatic heterocycles. The first-order chi connectivity index (χ1) is 57.6. The molecule has 1 fully saturated rings. The summed E-state index contributed by atoms with van der Waals surface area (Å²) >= 11 is 9.67. The number of rotatable bonds is 4. The summed E-state index contributed by atoms with van der Waals surface area (Å²) < 4.78 is 29.3. The first-order valence-corrected chi connectivity index (χ1v) is 45.8. The van der Waals surface area contributed by atoms with Crippen LogP contribution in [0.25, 0.3) is 118 Å². The Labute approximate surface area is 734 Å². The van der Waals surface area contributed by atoms with E-state index in [1.54, 1.807) is 6.92 Å². The summed E-state index contributed by atoms with van der Waals surface area (Å²) in [5.74, 6) is 3.17. The van der Waals surface area contributed by atoms with E-state index in [1.807, 2.05) is 357 Å². The van der Waals surface area contributed by atoms with Crippen molar-refractivity contribution in [2.45, 2.75) is 268 Å². The molecule has 17 rings (SSSR count). The molecular weight excluding hydrogens is 1520 g/mol. The maximum absolute atomic E-state index is 5.99. The fraction of sp³-hybridized carbons (Fsp3) is 0.371. The Morgan fingerprint density at radius 3 is 0.941 bits per heavy atom. The van der Waals surface area contributed by atoms with Crippen molar-refractivity contribution in [1.29, 1.82) is 0 Å². The van der Waals surface area contributed by atoms with Gasteiger partial charge in [0.15, 0.2) is 17.5 Å². The molecule has 10 aromatic carbocycles. The van der Waals surface area contributed by atoms with E-state index in [0.29, 0.717) is 29.1 Å². The number of thiophene rings is 2. The molecule has 6 aromatic heterocycles. The Hall–Kier alpha value is -9.47. The first-order valence-electron chi connectivity index (χ1n) is 43.8. The first kappa shape index (κ1) is 114. The Kier molecular flexibility index (Phi) is 61.6. The summed E-state index contributed by atoms with van der Waals surface area (Å²) in [7, 11) is -0.240. The van der Waals surface area contributed by atoms with E-state index in [9.17, 15) is 0 Å². The van der Waals surface area contributed by atoms with Gasteiger partial charge >= 0.3 is 7.12 Å². The van der Waals surface area contributed by atoms with Crippen molar-refractivity contribution >= 4 is 131 Å². The summed E-state index contributed by atoms with van der Waals surface area (Å²) in [6.45, 7) is 72.3. The van der Waals surface area contributed by atoms with Crippen molar-refractivity contribution in [2.75, 3.05) is 0 Å². The summed E-state index contributed by atoms with van der Waals surface area (Å²) in [6.07, 6.45) is 0. The van der Waals surface area contributed by atoms with Crippen LogP contribution in [-0.4, -0.2) is 48.2 Å². The monoisotopic (exact) mass is 1670 g/mol. The molecule has 0 unspecified atom stereocenters. The molecule has 119 heavy (non-hydrogen) atoms. The van der Waals surface area contributed by atoms with Crippen molar-refractivity contribution < 1.29 is 18.1 Å². The molecular formula is C105H150BClN6O4S2. The van der Waals surface area contributed by atoms with Crippen LogP contribution < -0.4 is 5.46 Å². The predicted molar refractivity (Wildman–Crippen MR) is 541 cm³/mol. The number of nitrogens with zero attached hydrogens (tertiary/aromatic N) is 6. The maximum Gasteiger partial charge on any atom is 0.494 e. The third kappa shape index (κ3) is 32.2. The van der Waals surface area contributed by atoms with Crippen LogP contribution in [0.3, 0.4) is 0 Å². The topological polar surface area (TPSA) is 122 Å². The minimum absolute atomic E-state index is 0. The number of aryl methyl sites for hydroxylation is 4. The van der Waals surface area contributed by atoms with Gasteiger partial charge in [0.05, 0.1) is 11.2 Å². The number of aromatic nitrogens is 6. The molecule has 7 heterocycles. The number of fused-ring (bicyclic) bond motifs is 12. The SMILES string of the molecule is C.CC.CC.CC.CC.CC.CC.CC.CC.CC.CC.CC.CC.CC.CC.CC1(C)OB(c2ccccc2)OC1(C)C.Cc1cccc2c1sc1ccccc12.Cc1cccc2c1sc1ccccc12.Cc1nc(-c2ccccc2)nc(-c2ccc3c(c2)oc2ccccc23)n1.Cc1nc(Cl)nc(-c2ccc3c(c2)oc2ccccc23)n1.